The molecule has 2 aromatic carbocycles. The predicted octanol–water partition coefficient (Wildman–Crippen LogP) is 4.34. The maximum Gasteiger partial charge on any atom is 0.124 e. The van der Waals surface area contributed by atoms with E-state index in [1.165, 1.54) is 0 Å². The fraction of sp³-hybridized carbons (Fsp3) is 0.321. The summed E-state index contributed by atoms with van der Waals surface area (Å²) >= 11 is 0. The Bertz CT molecular complexity index is 1400. The van der Waals surface area contributed by atoms with Crippen LogP contribution in [0.4, 0.5) is 0 Å². The van der Waals surface area contributed by atoms with E-state index in [0.29, 0.717) is 6.42 Å². The Hall–Kier alpha value is -3.91. The van der Waals surface area contributed by atoms with Gasteiger partial charge >= 0.3 is 0 Å². The quantitative estimate of drug-likeness (QED) is 0.241. The first kappa shape index (κ1) is 22.9. The first-order chi connectivity index (χ1) is 17.2. The molecule has 1 fully saturated rings. The normalized spacial score (nSPS) is 15.1. The molecule has 176 valence electrons. The molecule has 3 heterocycles. The van der Waals surface area contributed by atoms with Crippen LogP contribution in [0.2, 0.25) is 0 Å². The number of fused-ring (bicyclic) bond motifs is 1. The zero-order valence-corrected chi connectivity index (χ0v) is 19.9. The molecule has 1 atom stereocenters. The molecule has 0 aliphatic carbocycles. The summed E-state index contributed by atoms with van der Waals surface area (Å²) in [6.45, 7) is 4.87. The Morgan fingerprint density at radius 1 is 1.06 bits per heavy atom. The molecule has 1 aliphatic heterocycles. The van der Waals surface area contributed by atoms with Gasteiger partial charge < -0.3 is 20.6 Å². The van der Waals surface area contributed by atoms with Gasteiger partial charge in [0.25, 0.3) is 0 Å². The summed E-state index contributed by atoms with van der Waals surface area (Å²) < 4.78 is 0. The lowest BCUT2D eigenvalue weighted by molar-refractivity contribution is 0.611. The van der Waals surface area contributed by atoms with Crippen molar-refractivity contribution in [3.63, 3.8) is 0 Å². The number of nitriles is 1. The van der Waals surface area contributed by atoms with Crippen LogP contribution in [0.1, 0.15) is 60.7 Å². The molecule has 0 radical (unpaired) electrons. The first-order valence-electron chi connectivity index (χ1n) is 12.2. The standard InChI is InChI=1S/C28H29N7/c1-2-15-30-18-26-32-22-12-9-20(17-25(22)33-26)6-5-19-7-10-21(11-8-19)27-23(13-14-29)34-28(35-27)24-4-3-16-31-24/h7-12,17,24,30-31H,2-4,13,15-16,18H2,1H3,(H,32,33)(H,34,35)/t24-/m0/s1. The van der Waals surface area contributed by atoms with Crippen LogP contribution in [-0.2, 0) is 13.0 Å². The van der Waals surface area contributed by atoms with E-state index in [1.54, 1.807) is 0 Å². The number of aromatic amines is 2. The average molecular weight is 464 g/mol. The Kier molecular flexibility index (Phi) is 6.90. The van der Waals surface area contributed by atoms with E-state index in [9.17, 15) is 5.26 Å². The minimum absolute atomic E-state index is 0.238. The highest BCUT2D eigenvalue weighted by Crippen LogP contribution is 2.27. The third kappa shape index (κ3) is 5.27. The summed E-state index contributed by atoms with van der Waals surface area (Å²) in [6.07, 6.45) is 3.62. The monoisotopic (exact) mass is 463 g/mol. The highest BCUT2D eigenvalue weighted by molar-refractivity contribution is 5.77. The van der Waals surface area contributed by atoms with Crippen LogP contribution in [0.15, 0.2) is 42.5 Å². The van der Waals surface area contributed by atoms with Crippen LogP contribution in [0.5, 0.6) is 0 Å². The largest absolute Gasteiger partial charge is 0.343 e. The van der Waals surface area contributed by atoms with Crippen molar-refractivity contribution in [2.75, 3.05) is 13.1 Å². The number of benzene rings is 2. The van der Waals surface area contributed by atoms with Crippen molar-refractivity contribution in [2.24, 2.45) is 0 Å². The van der Waals surface area contributed by atoms with Gasteiger partial charge in [0.2, 0.25) is 0 Å². The minimum atomic E-state index is 0.238. The first-order valence-corrected chi connectivity index (χ1v) is 12.2. The van der Waals surface area contributed by atoms with Crippen molar-refractivity contribution < 1.29 is 0 Å². The second-order valence-electron chi connectivity index (χ2n) is 8.85. The topological polar surface area (TPSA) is 105 Å². The maximum absolute atomic E-state index is 9.26. The highest BCUT2D eigenvalue weighted by atomic mass is 15.0. The van der Waals surface area contributed by atoms with Crippen LogP contribution in [0.25, 0.3) is 22.3 Å². The number of rotatable bonds is 7. The van der Waals surface area contributed by atoms with Crippen molar-refractivity contribution in [1.82, 2.24) is 30.6 Å². The molecule has 4 N–H and O–H groups in total. The third-order valence-corrected chi connectivity index (χ3v) is 6.20. The minimum Gasteiger partial charge on any atom is -0.343 e. The fourth-order valence-electron chi connectivity index (χ4n) is 4.42. The van der Waals surface area contributed by atoms with E-state index in [-0.39, 0.29) is 6.04 Å². The van der Waals surface area contributed by atoms with Crippen molar-refractivity contribution in [1.29, 1.82) is 5.26 Å². The molecular weight excluding hydrogens is 434 g/mol. The molecule has 7 nitrogen and oxygen atoms in total. The zero-order chi connectivity index (χ0) is 24.0. The van der Waals surface area contributed by atoms with Crippen molar-refractivity contribution in [2.45, 2.75) is 45.2 Å². The van der Waals surface area contributed by atoms with Gasteiger partial charge in [0.15, 0.2) is 0 Å². The molecular formula is C28H29N7. The van der Waals surface area contributed by atoms with Gasteiger partial charge in [-0.15, -0.1) is 0 Å². The molecule has 1 aliphatic rings. The van der Waals surface area contributed by atoms with Crippen molar-refractivity contribution in [3.05, 3.63) is 70.9 Å². The summed E-state index contributed by atoms with van der Waals surface area (Å²) in [7, 11) is 0. The Morgan fingerprint density at radius 2 is 1.89 bits per heavy atom. The van der Waals surface area contributed by atoms with Gasteiger partial charge in [-0.2, -0.15) is 5.26 Å². The number of hydrogen-bond donors (Lipinski definition) is 4. The van der Waals surface area contributed by atoms with Gasteiger partial charge in [0.1, 0.15) is 11.6 Å². The second kappa shape index (κ2) is 10.6. The lowest BCUT2D eigenvalue weighted by atomic mass is 10.1. The molecule has 0 bridgehead atoms. The van der Waals surface area contributed by atoms with Gasteiger partial charge in [-0.25, -0.2) is 9.97 Å². The molecule has 4 aromatic rings. The fourth-order valence-corrected chi connectivity index (χ4v) is 4.42. The van der Waals surface area contributed by atoms with Crippen LogP contribution >= 0.6 is 0 Å². The number of aromatic nitrogens is 4. The summed E-state index contributed by atoms with van der Waals surface area (Å²) in [5.41, 5.74) is 6.53. The van der Waals surface area contributed by atoms with Gasteiger partial charge in [-0.05, 0) is 62.7 Å². The van der Waals surface area contributed by atoms with Gasteiger partial charge in [-0.3, -0.25) is 0 Å². The third-order valence-electron chi connectivity index (χ3n) is 6.20. The van der Waals surface area contributed by atoms with Crippen molar-refractivity contribution >= 4 is 11.0 Å². The summed E-state index contributed by atoms with van der Waals surface area (Å²) in [6, 6.07) is 16.6. The summed E-state index contributed by atoms with van der Waals surface area (Å²) in [5, 5.41) is 16.1. The molecule has 35 heavy (non-hydrogen) atoms. The molecule has 0 unspecified atom stereocenters. The van der Waals surface area contributed by atoms with Crippen LogP contribution in [0.3, 0.4) is 0 Å². The van der Waals surface area contributed by atoms with Gasteiger partial charge in [-0.1, -0.05) is 30.9 Å². The number of hydrogen-bond acceptors (Lipinski definition) is 5. The van der Waals surface area contributed by atoms with Gasteiger partial charge in [0, 0.05) is 16.7 Å². The van der Waals surface area contributed by atoms with E-state index in [1.807, 2.05) is 42.5 Å². The van der Waals surface area contributed by atoms with Gasteiger partial charge in [0.05, 0.1) is 47.5 Å². The van der Waals surface area contributed by atoms with E-state index < -0.39 is 0 Å². The summed E-state index contributed by atoms with van der Waals surface area (Å²) in [4.78, 5) is 16.2. The zero-order valence-electron chi connectivity index (χ0n) is 19.9. The smallest absolute Gasteiger partial charge is 0.124 e. The van der Waals surface area contributed by atoms with E-state index in [4.69, 9.17) is 4.98 Å². The highest BCUT2D eigenvalue weighted by Gasteiger charge is 2.22. The molecule has 0 amide bonds. The lowest BCUT2D eigenvalue weighted by Gasteiger charge is -2.04. The van der Waals surface area contributed by atoms with E-state index >= 15 is 0 Å². The van der Waals surface area contributed by atoms with Crippen LogP contribution < -0.4 is 10.6 Å². The summed E-state index contributed by atoms with van der Waals surface area (Å²) in [5.74, 6) is 8.38. The molecule has 1 saturated heterocycles. The molecule has 7 heteroatoms. The Morgan fingerprint density at radius 3 is 2.66 bits per heavy atom. The van der Waals surface area contributed by atoms with Crippen molar-refractivity contribution in [3.8, 4) is 29.2 Å². The SMILES string of the molecule is CCCNCc1nc2ccc(C#Cc3ccc(-c4nc([C@@H]5CCCN5)[nH]c4CC#N)cc3)cc2[nH]1. The number of nitrogens with one attached hydrogen (secondary N) is 4. The van der Waals surface area contributed by atoms with Crippen LogP contribution in [-0.4, -0.2) is 33.0 Å². The maximum atomic E-state index is 9.26. The average Bonchev–Trinajstić information content (AvgIpc) is 3.63. The number of nitrogens with zero attached hydrogens (tertiary/aromatic N) is 3. The molecule has 2 aromatic heterocycles. The number of imidazole rings is 2. The Balaban J connectivity index is 1.32. The Labute approximate surface area is 205 Å². The molecule has 0 spiro atoms. The second-order valence-corrected chi connectivity index (χ2v) is 8.85. The molecule has 0 saturated carbocycles. The van der Waals surface area contributed by atoms with Crippen LogP contribution in [0, 0.1) is 23.2 Å². The van der Waals surface area contributed by atoms with E-state index in [2.05, 4.69) is 50.4 Å². The number of H-pyrrole nitrogens is 2. The van der Waals surface area contributed by atoms with E-state index in [0.717, 1.165) is 89.7 Å². The lowest BCUT2D eigenvalue weighted by Crippen LogP contribution is -2.14. The predicted molar refractivity (Wildman–Crippen MR) is 137 cm³/mol. The molecule has 5 rings (SSSR count).